The Morgan fingerprint density at radius 2 is 1.74 bits per heavy atom. The molecule has 3 rings (SSSR count). The molecular formula is C20H24ClN3O3. The molecule has 0 unspecified atom stereocenters. The molecule has 144 valence electrons. The second-order valence-electron chi connectivity index (χ2n) is 6.45. The van der Waals surface area contributed by atoms with Gasteiger partial charge in [-0.3, -0.25) is 4.79 Å². The monoisotopic (exact) mass is 389 g/mol. The fourth-order valence-electron chi connectivity index (χ4n) is 3.14. The van der Waals surface area contributed by atoms with E-state index in [4.69, 9.17) is 21.1 Å². The van der Waals surface area contributed by atoms with Gasteiger partial charge in [0.15, 0.2) is 11.5 Å². The average Bonchev–Trinajstić information content (AvgIpc) is 2.68. The molecule has 1 saturated heterocycles. The van der Waals surface area contributed by atoms with Crippen molar-refractivity contribution in [2.45, 2.75) is 0 Å². The van der Waals surface area contributed by atoms with Gasteiger partial charge in [0, 0.05) is 31.7 Å². The molecule has 0 aliphatic carbocycles. The lowest BCUT2D eigenvalue weighted by atomic mass is 10.1. The summed E-state index contributed by atoms with van der Waals surface area (Å²) in [5, 5.41) is 3.62. The van der Waals surface area contributed by atoms with Crippen LogP contribution in [-0.2, 0) is 0 Å². The number of halogens is 1. The first kappa shape index (κ1) is 19.3. The fourth-order valence-corrected chi connectivity index (χ4v) is 3.43. The molecule has 0 spiro atoms. The number of rotatable bonds is 5. The summed E-state index contributed by atoms with van der Waals surface area (Å²) in [4.78, 5) is 17.3. The van der Waals surface area contributed by atoms with E-state index in [2.05, 4.69) is 22.2 Å². The smallest absolute Gasteiger partial charge is 0.255 e. The van der Waals surface area contributed by atoms with Crippen molar-refractivity contribution in [2.75, 3.05) is 57.7 Å². The standard InChI is InChI=1S/C20H24ClN3O3/c1-23-9-11-24(12-10-23)19-15(21)5-4-6-16(19)22-20(25)14-7-8-17(26-2)18(13-14)27-3/h4-8,13H,9-12H2,1-3H3,(H,22,25). The lowest BCUT2D eigenvalue weighted by Crippen LogP contribution is -2.44. The Hall–Kier alpha value is -2.44. The highest BCUT2D eigenvalue weighted by Crippen LogP contribution is 2.35. The molecule has 1 heterocycles. The van der Waals surface area contributed by atoms with E-state index in [9.17, 15) is 4.79 Å². The largest absolute Gasteiger partial charge is 0.493 e. The molecule has 0 bridgehead atoms. The molecule has 27 heavy (non-hydrogen) atoms. The predicted octanol–water partition coefficient (Wildman–Crippen LogP) is 3.36. The highest BCUT2D eigenvalue weighted by molar-refractivity contribution is 6.34. The number of anilines is 2. The summed E-state index contributed by atoms with van der Waals surface area (Å²) in [6, 6.07) is 10.6. The topological polar surface area (TPSA) is 54.0 Å². The van der Waals surface area contributed by atoms with Crippen LogP contribution in [0.2, 0.25) is 5.02 Å². The molecule has 1 amide bonds. The van der Waals surface area contributed by atoms with Crippen LogP contribution in [0.15, 0.2) is 36.4 Å². The van der Waals surface area contributed by atoms with Gasteiger partial charge in [-0.05, 0) is 37.4 Å². The zero-order chi connectivity index (χ0) is 19.4. The highest BCUT2D eigenvalue weighted by Gasteiger charge is 2.21. The number of para-hydroxylation sites is 1. The number of carbonyl (C=O) groups excluding carboxylic acids is 1. The summed E-state index contributed by atoms with van der Waals surface area (Å²) in [7, 11) is 5.21. The van der Waals surface area contributed by atoms with E-state index in [1.165, 1.54) is 0 Å². The number of benzene rings is 2. The van der Waals surface area contributed by atoms with E-state index >= 15 is 0 Å². The molecule has 0 atom stereocenters. The quantitative estimate of drug-likeness (QED) is 0.849. The van der Waals surface area contributed by atoms with E-state index in [-0.39, 0.29) is 5.91 Å². The first-order chi connectivity index (χ1) is 13.0. The van der Waals surface area contributed by atoms with Gasteiger partial charge in [-0.25, -0.2) is 0 Å². The maximum atomic E-state index is 12.8. The number of nitrogens with zero attached hydrogens (tertiary/aromatic N) is 2. The number of amides is 1. The molecule has 1 fully saturated rings. The highest BCUT2D eigenvalue weighted by atomic mass is 35.5. The van der Waals surface area contributed by atoms with E-state index < -0.39 is 0 Å². The summed E-state index contributed by atoms with van der Waals surface area (Å²) in [5.74, 6) is 0.860. The number of methoxy groups -OCH3 is 2. The zero-order valence-corrected chi connectivity index (χ0v) is 16.5. The lowest BCUT2D eigenvalue weighted by molar-refractivity contribution is 0.102. The van der Waals surface area contributed by atoms with Crippen molar-refractivity contribution in [3.8, 4) is 11.5 Å². The van der Waals surface area contributed by atoms with Gasteiger partial charge in [0.25, 0.3) is 5.91 Å². The first-order valence-electron chi connectivity index (χ1n) is 8.79. The Morgan fingerprint density at radius 1 is 1.04 bits per heavy atom. The van der Waals surface area contributed by atoms with E-state index in [1.807, 2.05) is 18.2 Å². The molecule has 0 saturated carbocycles. The van der Waals surface area contributed by atoms with E-state index in [0.29, 0.717) is 27.8 Å². The van der Waals surface area contributed by atoms with Crippen molar-refractivity contribution >= 4 is 28.9 Å². The second-order valence-corrected chi connectivity index (χ2v) is 6.86. The normalized spacial score (nSPS) is 14.7. The van der Waals surface area contributed by atoms with E-state index in [1.54, 1.807) is 32.4 Å². The molecule has 2 aromatic carbocycles. The summed E-state index contributed by atoms with van der Waals surface area (Å²) >= 11 is 6.47. The Kier molecular flexibility index (Phi) is 6.08. The number of carbonyl (C=O) groups is 1. The third-order valence-electron chi connectivity index (χ3n) is 4.70. The molecule has 6 nitrogen and oxygen atoms in total. The van der Waals surface area contributed by atoms with Crippen LogP contribution in [-0.4, -0.2) is 58.3 Å². The first-order valence-corrected chi connectivity index (χ1v) is 9.16. The van der Waals surface area contributed by atoms with Gasteiger partial charge in [0.1, 0.15) is 0 Å². The molecule has 7 heteroatoms. The molecule has 0 aromatic heterocycles. The number of ether oxygens (including phenoxy) is 2. The van der Waals surface area contributed by atoms with Gasteiger partial charge >= 0.3 is 0 Å². The third kappa shape index (κ3) is 4.28. The molecule has 0 radical (unpaired) electrons. The summed E-state index contributed by atoms with van der Waals surface area (Å²) in [6.07, 6.45) is 0. The maximum absolute atomic E-state index is 12.8. The minimum absolute atomic E-state index is 0.228. The van der Waals surface area contributed by atoms with Gasteiger partial charge in [-0.2, -0.15) is 0 Å². The molecular weight excluding hydrogens is 366 g/mol. The number of piperazine rings is 1. The van der Waals surface area contributed by atoms with Crippen molar-refractivity contribution in [1.82, 2.24) is 4.90 Å². The van der Waals surface area contributed by atoms with Crippen LogP contribution >= 0.6 is 11.6 Å². The van der Waals surface area contributed by atoms with Crippen LogP contribution in [0.4, 0.5) is 11.4 Å². The SMILES string of the molecule is COc1ccc(C(=O)Nc2cccc(Cl)c2N2CCN(C)CC2)cc1OC. The maximum Gasteiger partial charge on any atom is 0.255 e. The Balaban J connectivity index is 1.85. The second kappa shape index (κ2) is 8.50. The van der Waals surface area contributed by atoms with Crippen molar-refractivity contribution in [3.05, 3.63) is 47.0 Å². The zero-order valence-electron chi connectivity index (χ0n) is 15.8. The van der Waals surface area contributed by atoms with Gasteiger partial charge in [0.2, 0.25) is 0 Å². The van der Waals surface area contributed by atoms with Gasteiger partial charge in [-0.1, -0.05) is 17.7 Å². The van der Waals surface area contributed by atoms with Crippen molar-refractivity contribution in [2.24, 2.45) is 0 Å². The summed E-state index contributed by atoms with van der Waals surface area (Å²) in [5.41, 5.74) is 2.05. The Labute approximate surface area is 164 Å². The predicted molar refractivity (Wildman–Crippen MR) is 109 cm³/mol. The molecule has 1 N–H and O–H groups in total. The van der Waals surface area contributed by atoms with Crippen molar-refractivity contribution in [1.29, 1.82) is 0 Å². The Morgan fingerprint density at radius 3 is 2.41 bits per heavy atom. The van der Waals surface area contributed by atoms with Crippen LogP contribution in [0.5, 0.6) is 11.5 Å². The van der Waals surface area contributed by atoms with Gasteiger partial charge in [0.05, 0.1) is 30.6 Å². The lowest BCUT2D eigenvalue weighted by Gasteiger charge is -2.35. The van der Waals surface area contributed by atoms with Crippen LogP contribution < -0.4 is 19.7 Å². The molecule has 1 aliphatic rings. The molecule has 2 aromatic rings. The van der Waals surface area contributed by atoms with Gasteiger partial charge in [-0.15, -0.1) is 0 Å². The minimum Gasteiger partial charge on any atom is -0.493 e. The van der Waals surface area contributed by atoms with Crippen LogP contribution in [0, 0.1) is 0 Å². The van der Waals surface area contributed by atoms with Crippen LogP contribution in [0.3, 0.4) is 0 Å². The van der Waals surface area contributed by atoms with E-state index in [0.717, 1.165) is 31.9 Å². The Bertz CT molecular complexity index is 820. The third-order valence-corrected chi connectivity index (χ3v) is 5.01. The van der Waals surface area contributed by atoms with Crippen LogP contribution in [0.25, 0.3) is 0 Å². The molecule has 1 aliphatic heterocycles. The summed E-state index contributed by atoms with van der Waals surface area (Å²) < 4.78 is 10.5. The fraction of sp³-hybridized carbons (Fsp3) is 0.350. The van der Waals surface area contributed by atoms with Crippen molar-refractivity contribution in [3.63, 3.8) is 0 Å². The number of nitrogens with one attached hydrogen (secondary N) is 1. The van der Waals surface area contributed by atoms with Gasteiger partial charge < -0.3 is 24.6 Å². The number of hydrogen-bond acceptors (Lipinski definition) is 5. The average molecular weight is 390 g/mol. The number of hydrogen-bond donors (Lipinski definition) is 1. The summed E-state index contributed by atoms with van der Waals surface area (Å²) in [6.45, 7) is 3.63. The minimum atomic E-state index is -0.228. The van der Waals surface area contributed by atoms with Crippen LogP contribution in [0.1, 0.15) is 10.4 Å². The van der Waals surface area contributed by atoms with Crippen molar-refractivity contribution < 1.29 is 14.3 Å². The number of likely N-dealkylation sites (N-methyl/N-ethyl adjacent to an activating group) is 1.